The van der Waals surface area contributed by atoms with Gasteiger partial charge in [-0.3, -0.25) is 0 Å². The molecule has 0 aliphatic carbocycles. The van der Waals surface area contributed by atoms with Gasteiger partial charge in [-0.1, -0.05) is 143 Å². The summed E-state index contributed by atoms with van der Waals surface area (Å²) in [5.74, 6) is 2.21. The summed E-state index contributed by atoms with van der Waals surface area (Å²) >= 11 is 0. The van der Waals surface area contributed by atoms with E-state index in [0.29, 0.717) is 12.0 Å². The lowest BCUT2D eigenvalue weighted by molar-refractivity contribution is -0.727. The molecule has 0 saturated heterocycles. The van der Waals surface area contributed by atoms with Gasteiger partial charge in [-0.15, -0.1) is 0 Å². The molecule has 2 unspecified atom stereocenters. The zero-order chi connectivity index (χ0) is 24.0. The first-order valence-electron chi connectivity index (χ1n) is 15.3. The second-order valence-corrected chi connectivity index (χ2v) is 10.8. The molecule has 2 heteroatoms. The summed E-state index contributed by atoms with van der Waals surface area (Å²) in [7, 11) is 0. The number of hydrogen-bond acceptors (Lipinski definition) is 0. The first-order valence-corrected chi connectivity index (χ1v) is 15.3. The van der Waals surface area contributed by atoms with Crippen LogP contribution in [0.15, 0.2) is 12.4 Å². The molecule has 0 spiro atoms. The number of hydrogen-bond donors (Lipinski definition) is 1. The van der Waals surface area contributed by atoms with Crippen LogP contribution in [0.1, 0.15) is 187 Å². The van der Waals surface area contributed by atoms with Gasteiger partial charge >= 0.3 is 0 Å². The van der Waals surface area contributed by atoms with Crippen LogP contribution in [0.25, 0.3) is 0 Å². The van der Waals surface area contributed by atoms with E-state index in [1.807, 2.05) is 0 Å². The van der Waals surface area contributed by atoms with Crippen LogP contribution in [0, 0.1) is 0 Å². The van der Waals surface area contributed by atoms with Crippen molar-refractivity contribution in [3.8, 4) is 0 Å². The van der Waals surface area contributed by atoms with Crippen molar-refractivity contribution in [1.82, 2.24) is 4.98 Å². The average Bonchev–Trinajstić information content (AvgIpc) is 3.30. The number of imidazole rings is 1. The van der Waals surface area contributed by atoms with Gasteiger partial charge in [0.2, 0.25) is 0 Å². The molecule has 0 bridgehead atoms. The maximum atomic E-state index is 3.64. The molecule has 0 aromatic carbocycles. The summed E-state index contributed by atoms with van der Waals surface area (Å²) in [6.45, 7) is 9.31. The van der Waals surface area contributed by atoms with E-state index in [1.165, 1.54) is 147 Å². The van der Waals surface area contributed by atoms with Crippen molar-refractivity contribution in [3.05, 3.63) is 18.2 Å². The molecule has 0 amide bonds. The summed E-state index contributed by atoms with van der Waals surface area (Å²) < 4.78 is 2.55. The third-order valence-corrected chi connectivity index (χ3v) is 7.62. The van der Waals surface area contributed by atoms with Gasteiger partial charge in [-0.2, -0.15) is 0 Å². The van der Waals surface area contributed by atoms with E-state index in [2.05, 4.69) is 49.6 Å². The molecule has 33 heavy (non-hydrogen) atoms. The van der Waals surface area contributed by atoms with Gasteiger partial charge in [0.1, 0.15) is 12.4 Å². The molecule has 1 heterocycles. The van der Waals surface area contributed by atoms with Crippen molar-refractivity contribution < 1.29 is 4.57 Å². The monoisotopic (exact) mass is 461 g/mol. The fourth-order valence-corrected chi connectivity index (χ4v) is 5.45. The Kier molecular flexibility index (Phi) is 19.9. The van der Waals surface area contributed by atoms with Crippen LogP contribution in [0.5, 0.6) is 0 Å². The summed E-state index contributed by atoms with van der Waals surface area (Å²) in [6.07, 6.45) is 35.5. The van der Waals surface area contributed by atoms with E-state index >= 15 is 0 Å². The first kappa shape index (κ1) is 30.2. The molecule has 1 N–H and O–H groups in total. The summed E-state index contributed by atoms with van der Waals surface area (Å²) in [4.78, 5) is 3.64. The SMILES string of the molecule is CCCCCCCCCCCCCCCCCC(CCCCC)c1[nH]cc[n+]1C(C)CCC. The molecule has 0 fully saturated rings. The number of nitrogens with zero attached hydrogens (tertiary/aromatic N) is 1. The minimum atomic E-state index is 0.617. The zero-order valence-electron chi connectivity index (χ0n) is 23.3. The first-order chi connectivity index (χ1) is 16.2. The maximum absolute atomic E-state index is 3.64. The number of aromatic nitrogens is 2. The van der Waals surface area contributed by atoms with Gasteiger partial charge in [0.15, 0.2) is 0 Å². The average molecular weight is 462 g/mol. The van der Waals surface area contributed by atoms with E-state index < -0.39 is 0 Å². The van der Waals surface area contributed by atoms with Crippen molar-refractivity contribution in [3.63, 3.8) is 0 Å². The van der Waals surface area contributed by atoms with Crippen LogP contribution < -0.4 is 4.57 Å². The highest BCUT2D eigenvalue weighted by Gasteiger charge is 2.24. The van der Waals surface area contributed by atoms with Crippen LogP contribution in [-0.2, 0) is 0 Å². The Labute approximate surface area is 208 Å². The number of rotatable bonds is 24. The molecular formula is C31H61N2+. The summed E-state index contributed by atoms with van der Waals surface area (Å²) in [6, 6.07) is 0.617. The molecule has 0 aliphatic rings. The van der Waals surface area contributed by atoms with Crippen LogP contribution >= 0.6 is 0 Å². The molecular weight excluding hydrogens is 400 g/mol. The van der Waals surface area contributed by atoms with E-state index in [0.717, 1.165) is 0 Å². The Bertz CT molecular complexity index is 521. The lowest BCUT2D eigenvalue weighted by atomic mass is 9.93. The predicted octanol–water partition coefficient (Wildman–Crippen LogP) is 10.6. The lowest BCUT2D eigenvalue weighted by Crippen LogP contribution is -2.41. The number of unbranched alkanes of at least 4 members (excludes halogenated alkanes) is 16. The van der Waals surface area contributed by atoms with E-state index in [-0.39, 0.29) is 0 Å². The number of nitrogens with one attached hydrogen (secondary N) is 1. The molecule has 194 valence electrons. The lowest BCUT2D eigenvalue weighted by Gasteiger charge is -2.17. The fraction of sp³-hybridized carbons (Fsp3) is 0.903. The molecule has 1 rings (SSSR count). The largest absolute Gasteiger partial charge is 0.257 e. The quantitative estimate of drug-likeness (QED) is 0.117. The maximum Gasteiger partial charge on any atom is 0.257 e. The van der Waals surface area contributed by atoms with Crippen molar-refractivity contribution in [2.24, 2.45) is 0 Å². The molecule has 1 aromatic heterocycles. The van der Waals surface area contributed by atoms with Crippen LogP contribution in [0.4, 0.5) is 0 Å². The molecule has 2 nitrogen and oxygen atoms in total. The third-order valence-electron chi connectivity index (χ3n) is 7.62. The van der Waals surface area contributed by atoms with Gasteiger partial charge in [-0.25, -0.2) is 9.55 Å². The third kappa shape index (κ3) is 14.9. The van der Waals surface area contributed by atoms with Gasteiger partial charge < -0.3 is 0 Å². The van der Waals surface area contributed by atoms with Crippen molar-refractivity contribution in [1.29, 1.82) is 0 Å². The van der Waals surface area contributed by atoms with Crippen molar-refractivity contribution in [2.45, 2.75) is 181 Å². The summed E-state index contributed by atoms with van der Waals surface area (Å²) in [5.41, 5.74) is 0. The van der Waals surface area contributed by atoms with Crippen LogP contribution in [0.2, 0.25) is 0 Å². The van der Waals surface area contributed by atoms with Crippen molar-refractivity contribution in [2.75, 3.05) is 0 Å². The number of H-pyrrole nitrogens is 1. The highest BCUT2D eigenvalue weighted by Crippen LogP contribution is 2.27. The Hall–Kier alpha value is -0.790. The van der Waals surface area contributed by atoms with E-state index in [1.54, 1.807) is 0 Å². The zero-order valence-corrected chi connectivity index (χ0v) is 23.3. The Morgan fingerprint density at radius 1 is 0.576 bits per heavy atom. The Morgan fingerprint density at radius 2 is 1.00 bits per heavy atom. The smallest absolute Gasteiger partial charge is 0.247 e. The van der Waals surface area contributed by atoms with Gasteiger partial charge in [0, 0.05) is 0 Å². The van der Waals surface area contributed by atoms with Gasteiger partial charge in [0.25, 0.3) is 5.82 Å². The van der Waals surface area contributed by atoms with E-state index in [9.17, 15) is 0 Å². The molecule has 0 saturated carbocycles. The second kappa shape index (κ2) is 21.7. The second-order valence-electron chi connectivity index (χ2n) is 10.8. The van der Waals surface area contributed by atoms with Gasteiger partial charge in [0.05, 0.1) is 12.0 Å². The topological polar surface area (TPSA) is 19.7 Å². The Morgan fingerprint density at radius 3 is 1.48 bits per heavy atom. The van der Waals surface area contributed by atoms with Crippen LogP contribution in [-0.4, -0.2) is 4.98 Å². The molecule has 0 aliphatic heterocycles. The van der Waals surface area contributed by atoms with Crippen molar-refractivity contribution >= 4 is 0 Å². The van der Waals surface area contributed by atoms with E-state index in [4.69, 9.17) is 0 Å². The normalized spacial score (nSPS) is 13.5. The predicted molar refractivity (Wildman–Crippen MR) is 147 cm³/mol. The summed E-state index contributed by atoms with van der Waals surface area (Å²) in [5, 5.41) is 0. The van der Waals surface area contributed by atoms with Gasteiger partial charge in [-0.05, 0) is 26.2 Å². The molecule has 0 radical (unpaired) electrons. The van der Waals surface area contributed by atoms with Crippen LogP contribution in [0.3, 0.4) is 0 Å². The Balaban J connectivity index is 2.16. The standard InChI is InChI=1S/C31H60N2/c1-5-8-10-11-12-13-14-15-16-17-18-19-20-21-23-26-30(25-22-9-6-2)31-32-27-28-33(31)29(4)24-7-3/h27-30H,5-26H2,1-4H3/p+1. The number of aromatic amines is 1. The fourth-order valence-electron chi connectivity index (χ4n) is 5.45. The molecule has 2 atom stereocenters. The minimum absolute atomic E-state index is 0.617. The minimum Gasteiger partial charge on any atom is -0.247 e. The molecule has 1 aromatic rings. The highest BCUT2D eigenvalue weighted by atomic mass is 15.1. The highest BCUT2D eigenvalue weighted by molar-refractivity contribution is 4.90.